The second-order valence-corrected chi connectivity index (χ2v) is 8.27. The monoisotopic (exact) mass is 387 g/mol. The summed E-state index contributed by atoms with van der Waals surface area (Å²) in [5.41, 5.74) is 3.57. The maximum atomic E-state index is 13.1. The lowest BCUT2D eigenvalue weighted by atomic mass is 10.1. The van der Waals surface area contributed by atoms with Crippen LogP contribution in [-0.4, -0.2) is 28.0 Å². The fourth-order valence-electron chi connectivity index (χ4n) is 3.31. The SMILES string of the molecule is CCn1cc(C(C)NS(=O)(=O)c2c(C)nn(-c3ccccc3)c2C)c(C)n1. The molecule has 7 nitrogen and oxygen atoms in total. The van der Waals surface area contributed by atoms with E-state index in [-0.39, 0.29) is 4.90 Å². The first kappa shape index (κ1) is 19.3. The number of nitrogens with one attached hydrogen (secondary N) is 1. The minimum absolute atomic E-state index is 0.221. The van der Waals surface area contributed by atoms with Gasteiger partial charge in [-0.2, -0.15) is 10.2 Å². The van der Waals surface area contributed by atoms with E-state index in [1.54, 1.807) is 23.2 Å². The van der Waals surface area contributed by atoms with Crippen molar-refractivity contribution in [2.24, 2.45) is 0 Å². The Balaban J connectivity index is 1.95. The van der Waals surface area contributed by atoms with Crippen molar-refractivity contribution in [1.82, 2.24) is 24.3 Å². The van der Waals surface area contributed by atoms with Crippen molar-refractivity contribution in [1.29, 1.82) is 0 Å². The van der Waals surface area contributed by atoms with Gasteiger partial charge in [-0.1, -0.05) is 18.2 Å². The third kappa shape index (κ3) is 3.68. The Morgan fingerprint density at radius 1 is 1.07 bits per heavy atom. The summed E-state index contributed by atoms with van der Waals surface area (Å²) < 4.78 is 32.4. The predicted octanol–water partition coefficient (Wildman–Crippen LogP) is 3.05. The Labute approximate surface area is 160 Å². The largest absolute Gasteiger partial charge is 0.272 e. The third-order valence-corrected chi connectivity index (χ3v) is 6.39. The lowest BCUT2D eigenvalue weighted by Crippen LogP contribution is -2.28. The molecule has 0 saturated heterocycles. The number of hydrogen-bond donors (Lipinski definition) is 1. The van der Waals surface area contributed by atoms with Crippen LogP contribution in [0, 0.1) is 20.8 Å². The van der Waals surface area contributed by atoms with Gasteiger partial charge in [0.25, 0.3) is 0 Å². The van der Waals surface area contributed by atoms with Gasteiger partial charge in [0.05, 0.1) is 22.8 Å². The summed E-state index contributed by atoms with van der Waals surface area (Å²) in [5.74, 6) is 0. The van der Waals surface area contributed by atoms with Crippen molar-refractivity contribution in [3.63, 3.8) is 0 Å². The first-order chi connectivity index (χ1) is 12.7. The molecule has 0 aliphatic carbocycles. The molecule has 0 spiro atoms. The molecule has 1 aromatic carbocycles. The first-order valence-electron chi connectivity index (χ1n) is 8.92. The molecule has 1 N–H and O–H groups in total. The second-order valence-electron chi connectivity index (χ2n) is 6.62. The van der Waals surface area contributed by atoms with E-state index in [0.717, 1.165) is 23.5 Å². The summed E-state index contributed by atoms with van der Waals surface area (Å²) in [5, 5.41) is 8.84. The highest BCUT2D eigenvalue weighted by Crippen LogP contribution is 2.25. The zero-order valence-electron chi connectivity index (χ0n) is 16.3. The van der Waals surface area contributed by atoms with Gasteiger partial charge in [0, 0.05) is 24.3 Å². The highest BCUT2D eigenvalue weighted by atomic mass is 32.2. The van der Waals surface area contributed by atoms with E-state index in [9.17, 15) is 8.42 Å². The van der Waals surface area contributed by atoms with Crippen LogP contribution in [-0.2, 0) is 16.6 Å². The van der Waals surface area contributed by atoms with Crippen LogP contribution in [0.4, 0.5) is 0 Å². The minimum atomic E-state index is -3.74. The van der Waals surface area contributed by atoms with Crippen LogP contribution in [0.5, 0.6) is 0 Å². The molecular weight excluding hydrogens is 362 g/mol. The highest BCUT2D eigenvalue weighted by molar-refractivity contribution is 7.89. The standard InChI is InChI=1S/C19H25N5O2S/c1-6-23-12-18(13(2)20-23)14(3)22-27(25,26)19-15(4)21-24(16(19)5)17-10-8-7-9-11-17/h7-12,14,22H,6H2,1-5H3. The van der Waals surface area contributed by atoms with E-state index < -0.39 is 16.1 Å². The summed E-state index contributed by atoms with van der Waals surface area (Å²) in [6.45, 7) is 9.93. The van der Waals surface area contributed by atoms with Gasteiger partial charge in [0.2, 0.25) is 10.0 Å². The minimum Gasteiger partial charge on any atom is -0.272 e. The van der Waals surface area contributed by atoms with E-state index in [1.165, 1.54) is 0 Å². The van der Waals surface area contributed by atoms with Gasteiger partial charge in [-0.15, -0.1) is 0 Å². The summed E-state index contributed by atoms with van der Waals surface area (Å²) in [4.78, 5) is 0.221. The molecular formula is C19H25N5O2S. The van der Waals surface area contributed by atoms with E-state index in [2.05, 4.69) is 14.9 Å². The number of rotatable bonds is 6. The van der Waals surface area contributed by atoms with Gasteiger partial charge < -0.3 is 0 Å². The van der Waals surface area contributed by atoms with Crippen molar-refractivity contribution < 1.29 is 8.42 Å². The van der Waals surface area contributed by atoms with Crippen molar-refractivity contribution in [2.75, 3.05) is 0 Å². The lowest BCUT2D eigenvalue weighted by Gasteiger charge is -2.14. The molecule has 0 fully saturated rings. The number of aryl methyl sites for hydroxylation is 3. The predicted molar refractivity (Wildman–Crippen MR) is 104 cm³/mol. The van der Waals surface area contributed by atoms with Gasteiger partial charge in [-0.25, -0.2) is 17.8 Å². The van der Waals surface area contributed by atoms with E-state index in [4.69, 9.17) is 0 Å². The fraction of sp³-hybridized carbons (Fsp3) is 0.368. The molecule has 27 heavy (non-hydrogen) atoms. The normalized spacial score (nSPS) is 13.1. The lowest BCUT2D eigenvalue weighted by molar-refractivity contribution is 0.565. The molecule has 144 valence electrons. The summed E-state index contributed by atoms with van der Waals surface area (Å²) in [6, 6.07) is 9.11. The topological polar surface area (TPSA) is 81.8 Å². The van der Waals surface area contributed by atoms with E-state index >= 15 is 0 Å². The number of aromatic nitrogens is 4. The van der Waals surface area contributed by atoms with Crippen molar-refractivity contribution in [3.05, 3.63) is 59.2 Å². The van der Waals surface area contributed by atoms with Gasteiger partial charge in [-0.3, -0.25) is 4.68 Å². The third-order valence-electron chi connectivity index (χ3n) is 4.60. The summed E-state index contributed by atoms with van der Waals surface area (Å²) >= 11 is 0. The molecule has 0 radical (unpaired) electrons. The Hall–Kier alpha value is -2.45. The number of hydrogen-bond acceptors (Lipinski definition) is 4. The summed E-state index contributed by atoms with van der Waals surface area (Å²) in [6.07, 6.45) is 1.88. The Kier molecular flexibility index (Phi) is 5.21. The molecule has 1 unspecified atom stereocenters. The maximum Gasteiger partial charge on any atom is 0.244 e. The average Bonchev–Trinajstić information content (AvgIpc) is 3.15. The molecule has 8 heteroatoms. The zero-order valence-corrected chi connectivity index (χ0v) is 17.1. The molecule has 3 rings (SSSR count). The van der Waals surface area contributed by atoms with Gasteiger partial charge in [0.1, 0.15) is 4.90 Å². The van der Waals surface area contributed by atoms with Crippen LogP contribution in [0.25, 0.3) is 5.69 Å². The summed E-state index contributed by atoms with van der Waals surface area (Å²) in [7, 11) is -3.74. The Morgan fingerprint density at radius 3 is 2.33 bits per heavy atom. The van der Waals surface area contributed by atoms with Crippen LogP contribution < -0.4 is 4.72 Å². The van der Waals surface area contributed by atoms with Crippen LogP contribution >= 0.6 is 0 Å². The van der Waals surface area contributed by atoms with Crippen LogP contribution in [0.3, 0.4) is 0 Å². The van der Waals surface area contributed by atoms with Crippen LogP contribution in [0.2, 0.25) is 0 Å². The number of benzene rings is 1. The van der Waals surface area contributed by atoms with Crippen molar-refractivity contribution >= 4 is 10.0 Å². The number of nitrogens with zero attached hydrogens (tertiary/aromatic N) is 4. The van der Waals surface area contributed by atoms with E-state index in [1.807, 2.05) is 57.3 Å². The molecule has 0 aliphatic heterocycles. The molecule has 0 bridgehead atoms. The van der Waals surface area contributed by atoms with Crippen molar-refractivity contribution in [2.45, 2.75) is 52.1 Å². The molecule has 3 aromatic rings. The van der Waals surface area contributed by atoms with Crippen molar-refractivity contribution in [3.8, 4) is 5.69 Å². The molecule has 2 aromatic heterocycles. The highest BCUT2D eigenvalue weighted by Gasteiger charge is 2.28. The quantitative estimate of drug-likeness (QED) is 0.705. The maximum absolute atomic E-state index is 13.1. The molecule has 0 saturated carbocycles. The number of para-hydroxylation sites is 1. The first-order valence-corrected chi connectivity index (χ1v) is 10.4. The van der Waals surface area contributed by atoms with E-state index in [0.29, 0.717) is 11.4 Å². The fourth-order valence-corrected chi connectivity index (χ4v) is 4.93. The number of sulfonamides is 1. The molecule has 0 amide bonds. The van der Waals surface area contributed by atoms with Gasteiger partial charge in [0.15, 0.2) is 0 Å². The zero-order chi connectivity index (χ0) is 19.8. The smallest absolute Gasteiger partial charge is 0.244 e. The Morgan fingerprint density at radius 2 is 1.74 bits per heavy atom. The molecule has 2 heterocycles. The molecule has 1 atom stereocenters. The van der Waals surface area contributed by atoms with Gasteiger partial charge in [-0.05, 0) is 46.8 Å². The van der Waals surface area contributed by atoms with Crippen LogP contribution in [0.1, 0.15) is 42.5 Å². The van der Waals surface area contributed by atoms with Gasteiger partial charge >= 0.3 is 0 Å². The van der Waals surface area contributed by atoms with Crippen LogP contribution in [0.15, 0.2) is 41.4 Å². The average molecular weight is 388 g/mol. The Bertz CT molecular complexity index is 1050. The molecule has 0 aliphatic rings. The second kappa shape index (κ2) is 7.28.